The number of nitrogens with one attached hydrogen (secondary N) is 2. The predicted octanol–water partition coefficient (Wildman–Crippen LogP) is 1.50. The molecule has 2 heterocycles. The fourth-order valence-corrected chi connectivity index (χ4v) is 1.99. The van der Waals surface area contributed by atoms with Crippen LogP contribution in [-0.2, 0) is 6.61 Å². The molecule has 0 aliphatic carbocycles. The van der Waals surface area contributed by atoms with Crippen LogP contribution < -0.4 is 5.56 Å². The molecule has 3 N–H and O–H groups in total. The summed E-state index contributed by atoms with van der Waals surface area (Å²) in [7, 11) is 0. The van der Waals surface area contributed by atoms with Crippen molar-refractivity contribution in [3.05, 3.63) is 46.4 Å². The van der Waals surface area contributed by atoms with Gasteiger partial charge in [-0.05, 0) is 17.7 Å². The molecule has 0 aliphatic rings. The van der Waals surface area contributed by atoms with E-state index in [1.807, 2.05) is 18.2 Å². The molecule has 3 aromatic rings. The summed E-state index contributed by atoms with van der Waals surface area (Å²) in [5.41, 5.74) is 1.99. The van der Waals surface area contributed by atoms with Gasteiger partial charge < -0.3 is 15.1 Å². The van der Waals surface area contributed by atoms with E-state index in [2.05, 4.69) is 9.97 Å². The lowest BCUT2D eigenvalue weighted by atomic mass is 10.1. The number of H-pyrrole nitrogens is 2. The summed E-state index contributed by atoms with van der Waals surface area (Å²) >= 11 is 0. The zero-order valence-corrected chi connectivity index (χ0v) is 8.45. The largest absolute Gasteiger partial charge is 0.392 e. The van der Waals surface area contributed by atoms with Crippen molar-refractivity contribution in [2.45, 2.75) is 6.61 Å². The van der Waals surface area contributed by atoms with Gasteiger partial charge in [0.1, 0.15) is 5.52 Å². The monoisotopic (exact) mass is 214 g/mol. The summed E-state index contributed by atoms with van der Waals surface area (Å²) in [5.74, 6) is 0. The highest BCUT2D eigenvalue weighted by Gasteiger charge is 2.05. The van der Waals surface area contributed by atoms with Crippen molar-refractivity contribution in [3.8, 4) is 0 Å². The number of aliphatic hydroxyl groups is 1. The third kappa shape index (κ3) is 1.17. The van der Waals surface area contributed by atoms with Crippen LogP contribution in [0.3, 0.4) is 0 Å². The number of hydrogen-bond donors (Lipinski definition) is 3. The minimum absolute atomic E-state index is 0.0247. The number of pyridine rings is 1. The number of aromatic amines is 2. The first-order valence-electron chi connectivity index (χ1n) is 5.02. The Labute approximate surface area is 90.5 Å². The third-order valence-corrected chi connectivity index (χ3v) is 2.78. The highest BCUT2D eigenvalue weighted by molar-refractivity contribution is 6.04. The van der Waals surface area contributed by atoms with Crippen LogP contribution in [0.15, 0.2) is 35.3 Å². The maximum Gasteiger partial charge on any atom is 0.272 e. The van der Waals surface area contributed by atoms with E-state index in [0.717, 1.165) is 21.9 Å². The van der Waals surface area contributed by atoms with Crippen LogP contribution in [0.5, 0.6) is 0 Å². The average molecular weight is 214 g/mol. The van der Waals surface area contributed by atoms with E-state index in [4.69, 9.17) is 5.11 Å². The minimum Gasteiger partial charge on any atom is -0.392 e. The molecule has 0 radical (unpaired) electrons. The lowest BCUT2D eigenvalue weighted by Crippen LogP contribution is -2.06. The molecular formula is C12H10N2O2. The van der Waals surface area contributed by atoms with Crippen LogP contribution in [0.1, 0.15) is 5.56 Å². The number of fused-ring (bicyclic) bond motifs is 3. The van der Waals surface area contributed by atoms with Crippen LogP contribution in [0.25, 0.3) is 21.8 Å². The van der Waals surface area contributed by atoms with E-state index >= 15 is 0 Å². The van der Waals surface area contributed by atoms with Crippen LogP contribution in [0.2, 0.25) is 0 Å². The molecule has 0 spiro atoms. The molecule has 0 aliphatic heterocycles. The second kappa shape index (κ2) is 3.21. The highest BCUT2D eigenvalue weighted by Crippen LogP contribution is 2.21. The molecule has 80 valence electrons. The molecule has 2 aromatic heterocycles. The Morgan fingerprint density at radius 2 is 2.06 bits per heavy atom. The number of aliphatic hydroxyl groups excluding tert-OH is 1. The van der Waals surface area contributed by atoms with E-state index in [-0.39, 0.29) is 12.2 Å². The van der Waals surface area contributed by atoms with Gasteiger partial charge in [-0.15, -0.1) is 0 Å². The van der Waals surface area contributed by atoms with Gasteiger partial charge in [-0.3, -0.25) is 4.79 Å². The normalized spacial score (nSPS) is 11.3. The molecule has 0 saturated carbocycles. The van der Waals surface area contributed by atoms with Crippen molar-refractivity contribution >= 4 is 21.8 Å². The maximum atomic E-state index is 11.7. The summed E-state index contributed by atoms with van der Waals surface area (Å²) in [6.45, 7) is -0.0247. The molecule has 0 fully saturated rings. The van der Waals surface area contributed by atoms with Gasteiger partial charge in [0.2, 0.25) is 0 Å². The van der Waals surface area contributed by atoms with Crippen LogP contribution in [0, 0.1) is 0 Å². The van der Waals surface area contributed by atoms with Gasteiger partial charge >= 0.3 is 0 Å². The molecule has 0 bridgehead atoms. The van der Waals surface area contributed by atoms with Gasteiger partial charge in [0.15, 0.2) is 0 Å². The average Bonchev–Trinajstić information content (AvgIpc) is 2.78. The maximum absolute atomic E-state index is 11.7. The first-order valence-corrected chi connectivity index (χ1v) is 5.02. The first kappa shape index (κ1) is 9.18. The fraction of sp³-hybridized carbons (Fsp3) is 0.0833. The van der Waals surface area contributed by atoms with E-state index in [1.165, 1.54) is 0 Å². The molecule has 0 amide bonds. The number of rotatable bonds is 1. The van der Waals surface area contributed by atoms with Crippen LogP contribution in [0.4, 0.5) is 0 Å². The summed E-state index contributed by atoms with van der Waals surface area (Å²) in [6.07, 6.45) is 1.75. The van der Waals surface area contributed by atoms with Gasteiger partial charge in [0.25, 0.3) is 5.56 Å². The van der Waals surface area contributed by atoms with E-state index in [0.29, 0.717) is 5.52 Å². The van der Waals surface area contributed by atoms with Crippen molar-refractivity contribution in [3.63, 3.8) is 0 Å². The van der Waals surface area contributed by atoms with Crippen LogP contribution in [-0.4, -0.2) is 15.1 Å². The Kier molecular flexibility index (Phi) is 1.84. The molecule has 16 heavy (non-hydrogen) atoms. The van der Waals surface area contributed by atoms with E-state index in [9.17, 15) is 4.79 Å². The SMILES string of the molecule is O=c1[nH]c2cc(CO)ccc2c2cc[nH]c12. The van der Waals surface area contributed by atoms with Crippen molar-refractivity contribution in [1.29, 1.82) is 0 Å². The van der Waals surface area contributed by atoms with Gasteiger partial charge in [-0.1, -0.05) is 12.1 Å². The Morgan fingerprint density at radius 1 is 1.19 bits per heavy atom. The molecule has 3 rings (SSSR count). The standard InChI is InChI=1S/C12H10N2O2/c15-6-7-1-2-8-9-3-4-13-11(9)12(16)14-10(8)5-7/h1-5,13,15H,6H2,(H,14,16). The lowest BCUT2D eigenvalue weighted by Gasteiger charge is -2.02. The molecule has 0 unspecified atom stereocenters. The second-order valence-corrected chi connectivity index (χ2v) is 3.76. The van der Waals surface area contributed by atoms with Crippen LogP contribution >= 0.6 is 0 Å². The van der Waals surface area contributed by atoms with Crippen molar-refractivity contribution in [2.75, 3.05) is 0 Å². The quantitative estimate of drug-likeness (QED) is 0.574. The summed E-state index contributed by atoms with van der Waals surface area (Å²) in [4.78, 5) is 17.4. The molecule has 0 atom stereocenters. The molecule has 4 nitrogen and oxygen atoms in total. The van der Waals surface area contributed by atoms with Crippen molar-refractivity contribution in [2.24, 2.45) is 0 Å². The van der Waals surface area contributed by atoms with E-state index < -0.39 is 0 Å². The zero-order chi connectivity index (χ0) is 11.1. The Balaban J connectivity index is 2.53. The lowest BCUT2D eigenvalue weighted by molar-refractivity contribution is 0.282. The highest BCUT2D eigenvalue weighted by atomic mass is 16.3. The second-order valence-electron chi connectivity index (χ2n) is 3.76. The molecular weight excluding hydrogens is 204 g/mol. The third-order valence-electron chi connectivity index (χ3n) is 2.78. The smallest absolute Gasteiger partial charge is 0.272 e. The summed E-state index contributed by atoms with van der Waals surface area (Å²) in [6, 6.07) is 7.44. The number of benzene rings is 1. The van der Waals surface area contributed by atoms with Crippen molar-refractivity contribution < 1.29 is 5.11 Å². The topological polar surface area (TPSA) is 68.9 Å². The van der Waals surface area contributed by atoms with E-state index in [1.54, 1.807) is 12.3 Å². The Bertz CT molecular complexity index is 725. The molecule has 1 aromatic carbocycles. The van der Waals surface area contributed by atoms with Gasteiger partial charge in [0.05, 0.1) is 6.61 Å². The number of aromatic nitrogens is 2. The fourth-order valence-electron chi connectivity index (χ4n) is 1.99. The molecule has 4 heteroatoms. The number of hydrogen-bond acceptors (Lipinski definition) is 2. The minimum atomic E-state index is -0.136. The van der Waals surface area contributed by atoms with Gasteiger partial charge in [-0.25, -0.2) is 0 Å². The Morgan fingerprint density at radius 3 is 2.88 bits per heavy atom. The van der Waals surface area contributed by atoms with Gasteiger partial charge in [-0.2, -0.15) is 0 Å². The summed E-state index contributed by atoms with van der Waals surface area (Å²) in [5, 5.41) is 10.9. The Hall–Kier alpha value is -2.07. The van der Waals surface area contributed by atoms with Crippen molar-refractivity contribution in [1.82, 2.24) is 9.97 Å². The van der Waals surface area contributed by atoms with Gasteiger partial charge in [0, 0.05) is 22.5 Å². The summed E-state index contributed by atoms with van der Waals surface area (Å²) < 4.78 is 0. The predicted molar refractivity (Wildman–Crippen MR) is 62.3 cm³/mol. The first-order chi connectivity index (χ1) is 7.79. The zero-order valence-electron chi connectivity index (χ0n) is 8.45. The molecule has 0 saturated heterocycles.